The molecule has 1 aromatic rings. The molecule has 2 aliphatic carbocycles. The normalized spacial score (nSPS) is 17.3. The summed E-state index contributed by atoms with van der Waals surface area (Å²) < 4.78 is 39.5. The van der Waals surface area contributed by atoms with E-state index in [1.54, 1.807) is 0 Å². The molecule has 2 saturated carbocycles. The Bertz CT molecular complexity index is 759. The van der Waals surface area contributed by atoms with Crippen molar-refractivity contribution in [2.75, 3.05) is 30.8 Å². The average Bonchev–Trinajstić information content (AvgIpc) is 3.50. The van der Waals surface area contributed by atoms with Gasteiger partial charge in [-0.15, -0.1) is 0 Å². The van der Waals surface area contributed by atoms with E-state index in [0.29, 0.717) is 5.69 Å². The molecular formula is C21H29F3N4O2. The summed E-state index contributed by atoms with van der Waals surface area (Å²) in [6, 6.07) is 3.90. The van der Waals surface area contributed by atoms with Crippen molar-refractivity contribution >= 4 is 23.2 Å². The van der Waals surface area contributed by atoms with Gasteiger partial charge in [-0.2, -0.15) is 13.2 Å². The molecule has 9 heteroatoms. The predicted octanol–water partition coefficient (Wildman–Crippen LogP) is 3.60. The maximum absolute atomic E-state index is 13.2. The smallest absolute Gasteiger partial charge is 0.381 e. The molecule has 2 fully saturated rings. The van der Waals surface area contributed by atoms with Gasteiger partial charge < -0.3 is 20.9 Å². The lowest BCUT2D eigenvalue weighted by Gasteiger charge is -2.26. The van der Waals surface area contributed by atoms with Crippen molar-refractivity contribution in [3.05, 3.63) is 23.8 Å². The quantitative estimate of drug-likeness (QED) is 0.594. The number of amides is 2. The second kappa shape index (κ2) is 9.57. The number of hydrogen-bond acceptors (Lipinski definition) is 4. The number of rotatable bonds is 8. The van der Waals surface area contributed by atoms with Crippen LogP contribution in [0.1, 0.15) is 50.5 Å². The molecule has 0 spiro atoms. The maximum atomic E-state index is 13.2. The van der Waals surface area contributed by atoms with E-state index in [1.165, 1.54) is 24.4 Å². The van der Waals surface area contributed by atoms with Crippen LogP contribution < -0.4 is 16.0 Å². The third-order valence-corrected chi connectivity index (χ3v) is 5.49. The molecule has 2 amide bonds. The van der Waals surface area contributed by atoms with E-state index in [9.17, 15) is 22.8 Å². The molecule has 0 radical (unpaired) electrons. The number of hydrogen-bond donors (Lipinski definition) is 3. The highest BCUT2D eigenvalue weighted by atomic mass is 19.4. The number of likely N-dealkylation sites (N-methyl/N-ethyl adjacent to an activating group) is 1. The molecule has 166 valence electrons. The Kier molecular flexibility index (Phi) is 7.10. The Hall–Kier alpha value is -2.45. The fourth-order valence-electron chi connectivity index (χ4n) is 3.57. The van der Waals surface area contributed by atoms with Gasteiger partial charge in [0, 0.05) is 19.1 Å². The summed E-state index contributed by atoms with van der Waals surface area (Å²) in [5, 5.41) is 8.96. The van der Waals surface area contributed by atoms with Gasteiger partial charge in [-0.05, 0) is 43.9 Å². The topological polar surface area (TPSA) is 73.5 Å². The van der Waals surface area contributed by atoms with Crippen molar-refractivity contribution in [1.29, 1.82) is 0 Å². The molecule has 3 rings (SSSR count). The number of anilines is 2. The first kappa shape index (κ1) is 22.2. The zero-order valence-electron chi connectivity index (χ0n) is 17.1. The van der Waals surface area contributed by atoms with Crippen LogP contribution in [-0.2, 0) is 15.8 Å². The number of nitrogens with one attached hydrogen (secondary N) is 3. The second-order valence-electron chi connectivity index (χ2n) is 8.18. The van der Waals surface area contributed by atoms with Gasteiger partial charge in [-0.3, -0.25) is 9.59 Å². The number of benzene rings is 1. The second-order valence-corrected chi connectivity index (χ2v) is 8.18. The van der Waals surface area contributed by atoms with Gasteiger partial charge >= 0.3 is 6.18 Å². The number of carbonyl (C=O) groups excluding carboxylic acids is 2. The molecule has 0 unspecified atom stereocenters. The molecule has 0 aliphatic heterocycles. The van der Waals surface area contributed by atoms with Gasteiger partial charge in [0.15, 0.2) is 0 Å². The van der Waals surface area contributed by atoms with Crippen LogP contribution in [0.4, 0.5) is 24.5 Å². The number of alkyl halides is 3. The van der Waals surface area contributed by atoms with E-state index >= 15 is 0 Å². The van der Waals surface area contributed by atoms with Crippen LogP contribution in [0.15, 0.2) is 18.2 Å². The van der Waals surface area contributed by atoms with Crippen LogP contribution in [0.25, 0.3) is 0 Å². The van der Waals surface area contributed by atoms with E-state index in [1.807, 2.05) is 0 Å². The molecule has 0 saturated heterocycles. The molecular weight excluding hydrogens is 397 g/mol. The maximum Gasteiger partial charge on any atom is 0.416 e. The van der Waals surface area contributed by atoms with Crippen LogP contribution in [0.3, 0.4) is 0 Å². The van der Waals surface area contributed by atoms with Gasteiger partial charge in [0.1, 0.15) is 0 Å². The predicted molar refractivity (Wildman–Crippen MR) is 109 cm³/mol. The lowest BCUT2D eigenvalue weighted by Crippen LogP contribution is -2.41. The van der Waals surface area contributed by atoms with Crippen molar-refractivity contribution in [2.24, 2.45) is 0 Å². The Morgan fingerprint density at radius 2 is 1.73 bits per heavy atom. The summed E-state index contributed by atoms with van der Waals surface area (Å²) in [5.74, 6) is -0.603. The monoisotopic (exact) mass is 426 g/mol. The first-order valence-electron chi connectivity index (χ1n) is 10.5. The third kappa shape index (κ3) is 6.53. The summed E-state index contributed by atoms with van der Waals surface area (Å²) >= 11 is 0. The van der Waals surface area contributed by atoms with Gasteiger partial charge in [0.25, 0.3) is 0 Å². The van der Waals surface area contributed by atoms with Crippen molar-refractivity contribution < 1.29 is 22.8 Å². The molecule has 1 aromatic carbocycles. The summed E-state index contributed by atoms with van der Waals surface area (Å²) in [6.45, 7) is -0.277. The largest absolute Gasteiger partial charge is 0.416 e. The Balaban J connectivity index is 1.63. The van der Waals surface area contributed by atoms with Crippen LogP contribution >= 0.6 is 0 Å². The number of carbonyl (C=O) groups is 2. The van der Waals surface area contributed by atoms with E-state index < -0.39 is 11.7 Å². The van der Waals surface area contributed by atoms with Crippen LogP contribution in [-0.4, -0.2) is 48.9 Å². The van der Waals surface area contributed by atoms with Crippen molar-refractivity contribution in [2.45, 2.75) is 63.2 Å². The van der Waals surface area contributed by atoms with E-state index in [-0.39, 0.29) is 42.7 Å². The highest BCUT2D eigenvalue weighted by molar-refractivity contribution is 5.87. The van der Waals surface area contributed by atoms with Gasteiger partial charge in [0.05, 0.1) is 30.0 Å². The Morgan fingerprint density at radius 1 is 1.03 bits per heavy atom. The molecule has 30 heavy (non-hydrogen) atoms. The lowest BCUT2D eigenvalue weighted by molar-refractivity contribution is -0.137. The highest BCUT2D eigenvalue weighted by Crippen LogP contribution is 2.35. The van der Waals surface area contributed by atoms with E-state index in [0.717, 1.165) is 50.7 Å². The molecule has 3 N–H and O–H groups in total. The number of nitrogens with zero attached hydrogens (tertiary/aromatic N) is 1. The number of halogens is 3. The zero-order chi connectivity index (χ0) is 21.7. The molecule has 0 bridgehead atoms. The van der Waals surface area contributed by atoms with E-state index in [2.05, 4.69) is 16.0 Å². The summed E-state index contributed by atoms with van der Waals surface area (Å²) in [6.07, 6.45) is 2.73. The molecule has 2 aliphatic rings. The Labute approximate surface area is 174 Å². The fraction of sp³-hybridized carbons (Fsp3) is 0.619. The summed E-state index contributed by atoms with van der Waals surface area (Å²) in [4.78, 5) is 25.5. The highest BCUT2D eigenvalue weighted by Gasteiger charge is 2.31. The minimum Gasteiger partial charge on any atom is -0.381 e. The fourth-order valence-corrected chi connectivity index (χ4v) is 3.57. The average molecular weight is 426 g/mol. The third-order valence-electron chi connectivity index (χ3n) is 5.49. The van der Waals surface area contributed by atoms with Crippen LogP contribution in [0, 0.1) is 0 Å². The molecule has 0 aromatic heterocycles. The Morgan fingerprint density at radius 3 is 2.37 bits per heavy atom. The minimum atomic E-state index is -4.47. The molecule has 0 atom stereocenters. The van der Waals surface area contributed by atoms with E-state index in [4.69, 9.17) is 0 Å². The SMILES string of the molecule is CN(CC(=O)NC1CC1)C(=O)CNc1cc(C(F)(F)F)ccc1NC1CCCCC1. The zero-order valence-corrected chi connectivity index (χ0v) is 17.1. The van der Waals surface area contributed by atoms with Crippen LogP contribution in [0.5, 0.6) is 0 Å². The summed E-state index contributed by atoms with van der Waals surface area (Å²) in [7, 11) is 1.50. The molecule has 0 heterocycles. The van der Waals surface area contributed by atoms with Crippen molar-refractivity contribution in [1.82, 2.24) is 10.2 Å². The first-order valence-corrected chi connectivity index (χ1v) is 10.5. The van der Waals surface area contributed by atoms with Crippen molar-refractivity contribution in [3.63, 3.8) is 0 Å². The van der Waals surface area contributed by atoms with Crippen molar-refractivity contribution in [3.8, 4) is 0 Å². The standard InChI is InChI=1S/C21H29F3N4O2/c1-28(13-19(29)27-16-8-9-16)20(30)12-25-18-11-14(21(22,23)24)7-10-17(18)26-15-5-3-2-4-6-15/h7,10-11,15-16,25-26H,2-6,8-9,12-13H2,1H3,(H,27,29). The van der Waals surface area contributed by atoms with Crippen LogP contribution in [0.2, 0.25) is 0 Å². The first-order chi connectivity index (χ1) is 14.2. The van der Waals surface area contributed by atoms with Gasteiger partial charge in [0.2, 0.25) is 11.8 Å². The summed E-state index contributed by atoms with van der Waals surface area (Å²) in [5.41, 5.74) is 0.0141. The lowest BCUT2D eigenvalue weighted by atomic mass is 9.95. The molecule has 6 nitrogen and oxygen atoms in total. The minimum absolute atomic E-state index is 0.0766. The van der Waals surface area contributed by atoms with Gasteiger partial charge in [-0.25, -0.2) is 0 Å². The van der Waals surface area contributed by atoms with Gasteiger partial charge in [-0.1, -0.05) is 19.3 Å².